The molecule has 154 valence electrons. The highest BCUT2D eigenvalue weighted by atomic mass is 16.5. The van der Waals surface area contributed by atoms with Crippen molar-refractivity contribution in [2.24, 2.45) is 0 Å². The Labute approximate surface area is 173 Å². The lowest BCUT2D eigenvalue weighted by molar-refractivity contribution is -0.119. The van der Waals surface area contributed by atoms with Crippen molar-refractivity contribution in [3.63, 3.8) is 0 Å². The zero-order valence-electron chi connectivity index (χ0n) is 16.4. The maximum absolute atomic E-state index is 12.4. The molecule has 0 spiro atoms. The average molecular weight is 407 g/mol. The average Bonchev–Trinajstić information content (AvgIpc) is 3.23. The van der Waals surface area contributed by atoms with E-state index in [1.807, 2.05) is 4.90 Å². The Hall–Kier alpha value is -3.68. The number of carbonyl (C=O) groups excluding carboxylic acids is 4. The van der Waals surface area contributed by atoms with Crippen LogP contribution in [0.1, 0.15) is 40.5 Å². The predicted octanol–water partition coefficient (Wildman–Crippen LogP) is 2.61. The number of benzene rings is 2. The van der Waals surface area contributed by atoms with Gasteiger partial charge in [0.1, 0.15) is 6.04 Å². The summed E-state index contributed by atoms with van der Waals surface area (Å²) in [6.07, 6.45) is 1.77. The van der Waals surface area contributed by atoms with Gasteiger partial charge >= 0.3 is 5.97 Å². The number of fused-ring (bicyclic) bond motifs is 3. The predicted molar refractivity (Wildman–Crippen MR) is 111 cm³/mol. The fourth-order valence-corrected chi connectivity index (χ4v) is 3.78. The van der Waals surface area contributed by atoms with Gasteiger partial charge in [-0.1, -0.05) is 12.1 Å². The van der Waals surface area contributed by atoms with E-state index in [0.29, 0.717) is 16.9 Å². The van der Waals surface area contributed by atoms with Crippen LogP contribution in [-0.2, 0) is 14.3 Å². The number of anilines is 3. The number of rotatable bonds is 5. The molecule has 2 aliphatic rings. The Bertz CT molecular complexity index is 1050. The van der Waals surface area contributed by atoms with Crippen molar-refractivity contribution in [3.8, 4) is 0 Å². The van der Waals surface area contributed by atoms with Crippen molar-refractivity contribution in [1.29, 1.82) is 0 Å². The zero-order valence-corrected chi connectivity index (χ0v) is 16.4. The number of hydrogen-bond donors (Lipinski definition) is 2. The largest absolute Gasteiger partial charge is 0.452 e. The number of hydrogen-bond acceptors (Lipinski definition) is 6. The summed E-state index contributed by atoms with van der Waals surface area (Å²) >= 11 is 0. The van der Waals surface area contributed by atoms with E-state index in [1.165, 1.54) is 6.92 Å². The Balaban J connectivity index is 1.38. The minimum atomic E-state index is -0.664. The second-order valence-corrected chi connectivity index (χ2v) is 7.33. The molecule has 2 heterocycles. The lowest BCUT2D eigenvalue weighted by atomic mass is 10.1. The van der Waals surface area contributed by atoms with E-state index in [1.54, 1.807) is 42.5 Å². The number of amides is 2. The third-order valence-corrected chi connectivity index (χ3v) is 5.24. The summed E-state index contributed by atoms with van der Waals surface area (Å²) < 4.78 is 5.10. The molecule has 2 aromatic carbocycles. The van der Waals surface area contributed by atoms with E-state index in [2.05, 4.69) is 10.6 Å². The Kier molecular flexibility index (Phi) is 5.22. The number of esters is 1. The number of nitrogens with zero attached hydrogens (tertiary/aromatic N) is 1. The zero-order chi connectivity index (χ0) is 21.3. The molecule has 0 bridgehead atoms. The van der Waals surface area contributed by atoms with Crippen molar-refractivity contribution in [2.45, 2.75) is 25.8 Å². The molecule has 0 aromatic heterocycles. The molecular weight excluding hydrogens is 386 g/mol. The van der Waals surface area contributed by atoms with E-state index in [4.69, 9.17) is 4.74 Å². The molecule has 0 radical (unpaired) electrons. The van der Waals surface area contributed by atoms with Crippen LogP contribution >= 0.6 is 0 Å². The minimum absolute atomic E-state index is 0.0716. The van der Waals surface area contributed by atoms with E-state index in [9.17, 15) is 19.2 Å². The summed E-state index contributed by atoms with van der Waals surface area (Å²) in [4.78, 5) is 50.2. The van der Waals surface area contributed by atoms with Crippen LogP contribution in [-0.4, -0.2) is 42.8 Å². The number of nitrogens with one attached hydrogen (secondary N) is 2. The van der Waals surface area contributed by atoms with Gasteiger partial charge in [0, 0.05) is 17.8 Å². The van der Waals surface area contributed by atoms with Crippen LogP contribution in [0.2, 0.25) is 0 Å². The fourth-order valence-electron chi connectivity index (χ4n) is 3.78. The lowest BCUT2D eigenvalue weighted by Crippen LogP contribution is -2.43. The van der Waals surface area contributed by atoms with E-state index in [-0.39, 0.29) is 23.3 Å². The molecular formula is C22H21N3O5. The Morgan fingerprint density at radius 2 is 2.00 bits per heavy atom. The maximum Gasteiger partial charge on any atom is 0.338 e. The van der Waals surface area contributed by atoms with Gasteiger partial charge in [-0.2, -0.15) is 0 Å². The third kappa shape index (κ3) is 3.89. The van der Waals surface area contributed by atoms with Crippen LogP contribution < -0.4 is 15.5 Å². The SMILES string of the molecule is CC(=O)c1cccc(NC(=O)COC(=O)c2ccc3c(c2)NC(=O)[C@H]2CCCN32)c1. The number of ether oxygens (including phenoxy) is 1. The van der Waals surface area contributed by atoms with Crippen molar-refractivity contribution in [2.75, 3.05) is 28.7 Å². The van der Waals surface area contributed by atoms with Crippen LogP contribution in [0.5, 0.6) is 0 Å². The normalized spacial score (nSPS) is 16.9. The summed E-state index contributed by atoms with van der Waals surface area (Å²) in [5.41, 5.74) is 2.62. The van der Waals surface area contributed by atoms with Crippen LogP contribution in [0.25, 0.3) is 0 Å². The molecule has 0 saturated carbocycles. The highest BCUT2D eigenvalue weighted by molar-refractivity contribution is 6.05. The van der Waals surface area contributed by atoms with Gasteiger partial charge in [0.05, 0.1) is 16.9 Å². The summed E-state index contributed by atoms with van der Waals surface area (Å²) in [5.74, 6) is -1.37. The van der Waals surface area contributed by atoms with Gasteiger partial charge in [-0.15, -0.1) is 0 Å². The monoisotopic (exact) mass is 407 g/mol. The topological polar surface area (TPSA) is 105 Å². The Morgan fingerprint density at radius 1 is 1.17 bits per heavy atom. The van der Waals surface area contributed by atoms with E-state index >= 15 is 0 Å². The molecule has 1 fully saturated rings. The molecule has 30 heavy (non-hydrogen) atoms. The molecule has 2 aromatic rings. The fraction of sp³-hybridized carbons (Fsp3) is 0.273. The molecule has 1 atom stereocenters. The van der Waals surface area contributed by atoms with Crippen molar-refractivity contribution in [3.05, 3.63) is 53.6 Å². The highest BCUT2D eigenvalue weighted by Gasteiger charge is 2.36. The molecule has 2 N–H and O–H groups in total. The van der Waals surface area contributed by atoms with Crippen LogP contribution in [0, 0.1) is 0 Å². The summed E-state index contributed by atoms with van der Waals surface area (Å²) in [5, 5.41) is 5.44. The van der Waals surface area contributed by atoms with Gasteiger partial charge in [0.2, 0.25) is 5.91 Å². The molecule has 0 unspecified atom stereocenters. The van der Waals surface area contributed by atoms with Crippen LogP contribution in [0.15, 0.2) is 42.5 Å². The van der Waals surface area contributed by atoms with Crippen molar-refractivity contribution < 1.29 is 23.9 Å². The van der Waals surface area contributed by atoms with Crippen molar-refractivity contribution >= 4 is 40.6 Å². The van der Waals surface area contributed by atoms with E-state index < -0.39 is 18.5 Å². The first-order valence-electron chi connectivity index (χ1n) is 9.72. The molecule has 8 heteroatoms. The first-order chi connectivity index (χ1) is 14.4. The van der Waals surface area contributed by atoms with Crippen LogP contribution in [0.4, 0.5) is 17.1 Å². The number of ketones is 1. The second-order valence-electron chi connectivity index (χ2n) is 7.33. The highest BCUT2D eigenvalue weighted by Crippen LogP contribution is 2.37. The molecule has 4 rings (SSSR count). The smallest absolute Gasteiger partial charge is 0.338 e. The maximum atomic E-state index is 12.4. The van der Waals surface area contributed by atoms with Gasteiger partial charge in [-0.3, -0.25) is 14.4 Å². The summed E-state index contributed by atoms with van der Waals surface area (Å²) in [6, 6.07) is 11.3. The minimum Gasteiger partial charge on any atom is -0.452 e. The van der Waals surface area contributed by atoms with Crippen molar-refractivity contribution in [1.82, 2.24) is 0 Å². The van der Waals surface area contributed by atoms with Gasteiger partial charge in [0.15, 0.2) is 12.4 Å². The quantitative estimate of drug-likeness (QED) is 0.583. The van der Waals surface area contributed by atoms with Gasteiger partial charge in [-0.05, 0) is 50.1 Å². The third-order valence-electron chi connectivity index (χ3n) is 5.24. The standard InChI is InChI=1S/C22H21N3O5/c1-13(26)14-4-2-5-16(10-14)23-20(27)12-30-22(29)15-7-8-18-17(11-15)24-21(28)19-6-3-9-25(18)19/h2,4-5,7-8,10-11,19H,3,6,9,12H2,1H3,(H,23,27)(H,24,28)/t19-/m1/s1. The molecule has 0 aliphatic carbocycles. The Morgan fingerprint density at radius 3 is 2.80 bits per heavy atom. The molecule has 2 amide bonds. The van der Waals surface area contributed by atoms with E-state index in [0.717, 1.165) is 25.1 Å². The summed E-state index contributed by atoms with van der Waals surface area (Å²) in [6.45, 7) is 1.77. The number of Topliss-reactive ketones (excluding diaryl/α,β-unsaturated/α-hetero) is 1. The summed E-state index contributed by atoms with van der Waals surface area (Å²) in [7, 11) is 0. The molecule has 1 saturated heterocycles. The molecule has 2 aliphatic heterocycles. The van der Waals surface area contributed by atoms with Gasteiger partial charge in [-0.25, -0.2) is 4.79 Å². The molecule has 8 nitrogen and oxygen atoms in total. The first-order valence-corrected chi connectivity index (χ1v) is 9.72. The lowest BCUT2D eigenvalue weighted by Gasteiger charge is -2.33. The number of carbonyl (C=O) groups is 4. The second kappa shape index (κ2) is 7.98. The van der Waals surface area contributed by atoms with Gasteiger partial charge < -0.3 is 20.3 Å². The van der Waals surface area contributed by atoms with Crippen LogP contribution in [0.3, 0.4) is 0 Å². The van der Waals surface area contributed by atoms with Gasteiger partial charge in [0.25, 0.3) is 5.91 Å². The first kappa shape index (κ1) is 19.6.